The number of para-hydroxylation sites is 1. The molecule has 1 aliphatic rings. The summed E-state index contributed by atoms with van der Waals surface area (Å²) >= 11 is 0. The molecule has 0 aliphatic heterocycles. The normalized spacial score (nSPS) is 16.5. The van der Waals surface area contributed by atoms with Gasteiger partial charge in [-0.1, -0.05) is 24.3 Å². The summed E-state index contributed by atoms with van der Waals surface area (Å²) in [5, 5.41) is 2.57. The minimum atomic E-state index is -6.15. The molecular weight excluding hydrogens is 447 g/mol. The first kappa shape index (κ1) is 22.9. The Morgan fingerprint density at radius 1 is 1.16 bits per heavy atom. The highest BCUT2D eigenvalue weighted by Crippen LogP contribution is 2.37. The molecule has 12 heteroatoms. The van der Waals surface area contributed by atoms with Gasteiger partial charge in [-0.15, -0.1) is 0 Å². The van der Waals surface area contributed by atoms with Gasteiger partial charge in [0.05, 0.1) is 11.6 Å². The Kier molecular flexibility index (Phi) is 5.74. The van der Waals surface area contributed by atoms with Crippen molar-refractivity contribution < 1.29 is 39.3 Å². The maximum absolute atomic E-state index is 14.7. The van der Waals surface area contributed by atoms with E-state index in [1.807, 2.05) is 0 Å². The summed E-state index contributed by atoms with van der Waals surface area (Å²) in [6.07, 6.45) is 1.02. The second-order valence-corrected chi connectivity index (χ2v) is 8.73. The van der Waals surface area contributed by atoms with Crippen LogP contribution in [-0.4, -0.2) is 25.4 Å². The number of hydrogen-bond donors (Lipinski definition) is 2. The van der Waals surface area contributed by atoms with Gasteiger partial charge in [-0.3, -0.25) is 4.79 Å². The fourth-order valence-electron chi connectivity index (χ4n) is 2.80. The smallest absolute Gasteiger partial charge is 0.372 e. The number of carbonyl (C=O) groups excluding carboxylic acids is 1. The molecule has 3 N–H and O–H groups in total. The molecule has 6 nitrogen and oxygen atoms in total. The van der Waals surface area contributed by atoms with Crippen molar-refractivity contribution in [1.29, 1.82) is 0 Å². The Bertz CT molecular complexity index is 1130. The maximum Gasteiger partial charge on any atom is 0.534 e. The molecule has 0 unspecified atom stereocenters. The molecule has 0 saturated heterocycles. The van der Waals surface area contributed by atoms with E-state index in [9.17, 15) is 35.2 Å². The molecule has 2 aromatic carbocycles. The molecule has 168 valence electrons. The van der Waals surface area contributed by atoms with Crippen molar-refractivity contribution in [2.24, 2.45) is 5.73 Å². The molecule has 0 aromatic heterocycles. The summed E-state index contributed by atoms with van der Waals surface area (Å²) in [7, 11) is -6.15. The van der Waals surface area contributed by atoms with Crippen molar-refractivity contribution in [2.75, 3.05) is 0 Å². The number of nitrogens with one attached hydrogen (secondary N) is 1. The number of alkyl halides is 3. The van der Waals surface area contributed by atoms with Crippen molar-refractivity contribution >= 4 is 16.0 Å². The average Bonchev–Trinajstić information content (AvgIpc) is 3.41. The highest BCUT2D eigenvalue weighted by atomic mass is 32.2. The van der Waals surface area contributed by atoms with Gasteiger partial charge in [0.15, 0.2) is 11.6 Å². The number of hydrogen-bond acceptors (Lipinski definition) is 5. The number of benzene rings is 2. The molecule has 1 aliphatic carbocycles. The fourth-order valence-corrected chi connectivity index (χ4v) is 3.29. The summed E-state index contributed by atoms with van der Waals surface area (Å²) < 4.78 is 93.4. The monoisotopic (exact) mass is 464 g/mol. The first-order valence-electron chi connectivity index (χ1n) is 8.94. The molecule has 31 heavy (non-hydrogen) atoms. The summed E-state index contributed by atoms with van der Waals surface area (Å²) in [4.78, 5) is 12.0. The molecule has 0 bridgehead atoms. The van der Waals surface area contributed by atoms with Crippen LogP contribution in [0.25, 0.3) is 11.1 Å². The Morgan fingerprint density at radius 2 is 1.81 bits per heavy atom. The molecule has 0 spiro atoms. The first-order chi connectivity index (χ1) is 14.2. The van der Waals surface area contributed by atoms with Crippen LogP contribution in [0.3, 0.4) is 0 Å². The van der Waals surface area contributed by atoms with Crippen LogP contribution in [0.1, 0.15) is 31.4 Å². The van der Waals surface area contributed by atoms with Gasteiger partial charge in [-0.2, -0.15) is 21.6 Å². The van der Waals surface area contributed by atoms with Gasteiger partial charge in [0.1, 0.15) is 5.82 Å². The Morgan fingerprint density at radius 3 is 2.35 bits per heavy atom. The van der Waals surface area contributed by atoms with Crippen LogP contribution in [0.5, 0.6) is 5.75 Å². The lowest BCUT2D eigenvalue weighted by Gasteiger charge is -2.19. The number of amides is 1. The van der Waals surface area contributed by atoms with Gasteiger partial charge in [0.25, 0.3) is 0 Å². The predicted octanol–water partition coefficient (Wildman–Crippen LogP) is 3.53. The van der Waals surface area contributed by atoms with E-state index in [-0.39, 0.29) is 11.1 Å². The average molecular weight is 464 g/mol. The van der Waals surface area contributed by atoms with Crippen molar-refractivity contribution in [3.63, 3.8) is 0 Å². The molecule has 1 saturated carbocycles. The Hall–Kier alpha value is -2.73. The van der Waals surface area contributed by atoms with Gasteiger partial charge in [-0.05, 0) is 37.5 Å². The van der Waals surface area contributed by atoms with Gasteiger partial charge in [0, 0.05) is 11.1 Å². The van der Waals surface area contributed by atoms with Crippen LogP contribution >= 0.6 is 0 Å². The summed E-state index contributed by atoms with van der Waals surface area (Å²) in [5.74, 6) is -3.90. The third-order valence-electron chi connectivity index (χ3n) is 4.81. The van der Waals surface area contributed by atoms with E-state index in [4.69, 9.17) is 5.73 Å². The maximum atomic E-state index is 14.7. The van der Waals surface area contributed by atoms with Gasteiger partial charge < -0.3 is 15.2 Å². The zero-order valence-corrected chi connectivity index (χ0v) is 16.8. The quantitative estimate of drug-likeness (QED) is 0.387. The molecule has 0 radical (unpaired) electrons. The first-order valence-corrected chi connectivity index (χ1v) is 10.3. The third-order valence-corrected chi connectivity index (χ3v) is 5.76. The van der Waals surface area contributed by atoms with Crippen molar-refractivity contribution in [1.82, 2.24) is 5.32 Å². The standard InChI is InChI=1S/C19H17F5N2O4S/c1-10(26-17(27)18(25)7-8-18)12-6-5-11(9-15(12)21)13-3-2-4-14(20)16(13)30-31(28,29)19(22,23)24/h2-6,9-10H,7-8,25H2,1H3,(H,26,27)/t10-/m1/s1. The molecule has 1 amide bonds. The topological polar surface area (TPSA) is 98.5 Å². The molecule has 1 fully saturated rings. The number of rotatable bonds is 6. The zero-order valence-electron chi connectivity index (χ0n) is 16.0. The molecule has 1 atom stereocenters. The largest absolute Gasteiger partial charge is 0.534 e. The minimum Gasteiger partial charge on any atom is -0.372 e. The number of halogens is 5. The van der Waals surface area contributed by atoms with Crippen LogP contribution in [-0.2, 0) is 14.9 Å². The van der Waals surface area contributed by atoms with E-state index in [1.165, 1.54) is 19.1 Å². The van der Waals surface area contributed by atoms with Crippen molar-refractivity contribution in [3.05, 3.63) is 53.6 Å². The summed E-state index contributed by atoms with van der Waals surface area (Å²) in [6.45, 7) is 1.51. The molecular formula is C19H17F5N2O4S. The van der Waals surface area contributed by atoms with E-state index < -0.39 is 56.1 Å². The van der Waals surface area contributed by atoms with E-state index in [0.29, 0.717) is 18.9 Å². The lowest BCUT2D eigenvalue weighted by atomic mass is 9.99. The van der Waals surface area contributed by atoms with Crippen LogP contribution in [0.2, 0.25) is 0 Å². The number of carbonyl (C=O) groups is 1. The van der Waals surface area contributed by atoms with Crippen molar-refractivity contribution in [2.45, 2.75) is 36.9 Å². The van der Waals surface area contributed by atoms with E-state index in [2.05, 4.69) is 9.50 Å². The number of nitrogens with two attached hydrogens (primary N) is 1. The van der Waals surface area contributed by atoms with Crippen LogP contribution in [0.4, 0.5) is 22.0 Å². The molecule has 0 heterocycles. The van der Waals surface area contributed by atoms with E-state index in [0.717, 1.165) is 18.2 Å². The zero-order chi connectivity index (χ0) is 23.2. The highest BCUT2D eigenvalue weighted by molar-refractivity contribution is 7.88. The highest BCUT2D eigenvalue weighted by Gasteiger charge is 2.49. The Balaban J connectivity index is 1.93. The minimum absolute atomic E-state index is 0.0446. The lowest BCUT2D eigenvalue weighted by Crippen LogP contribution is -2.43. The second-order valence-electron chi connectivity index (χ2n) is 7.19. The van der Waals surface area contributed by atoms with Crippen LogP contribution < -0.4 is 15.2 Å². The molecule has 2 aromatic rings. The summed E-state index contributed by atoms with van der Waals surface area (Å²) in [5.41, 5.74) is -1.47. The Labute approximate surface area is 174 Å². The van der Waals surface area contributed by atoms with Crippen molar-refractivity contribution in [3.8, 4) is 16.9 Å². The molecule has 3 rings (SSSR count). The van der Waals surface area contributed by atoms with Crippen LogP contribution in [0.15, 0.2) is 36.4 Å². The van der Waals surface area contributed by atoms with E-state index in [1.54, 1.807) is 0 Å². The van der Waals surface area contributed by atoms with Gasteiger partial charge in [0.2, 0.25) is 5.91 Å². The van der Waals surface area contributed by atoms with Gasteiger partial charge >= 0.3 is 15.6 Å². The summed E-state index contributed by atoms with van der Waals surface area (Å²) in [6, 6.07) is 5.44. The van der Waals surface area contributed by atoms with E-state index >= 15 is 0 Å². The van der Waals surface area contributed by atoms with Crippen LogP contribution in [0, 0.1) is 11.6 Å². The third kappa shape index (κ3) is 4.64. The fraction of sp³-hybridized carbons (Fsp3) is 0.316. The predicted molar refractivity (Wildman–Crippen MR) is 100 cm³/mol. The second kappa shape index (κ2) is 7.75. The SMILES string of the molecule is C[C@@H](NC(=O)C1(N)CC1)c1ccc(-c2cccc(F)c2OS(=O)(=O)C(F)(F)F)cc1F. The lowest BCUT2D eigenvalue weighted by molar-refractivity contribution is -0.123. The van der Waals surface area contributed by atoms with Gasteiger partial charge in [-0.25, -0.2) is 8.78 Å².